The lowest BCUT2D eigenvalue weighted by atomic mass is 9.99. The molecule has 0 atom stereocenters. The molecule has 0 aliphatic heterocycles. The van der Waals surface area contributed by atoms with E-state index >= 15 is 0 Å². The van der Waals surface area contributed by atoms with Crippen LogP contribution in [0.5, 0.6) is 17.8 Å². The Morgan fingerprint density at radius 2 is 1.59 bits per heavy atom. The summed E-state index contributed by atoms with van der Waals surface area (Å²) in [6.07, 6.45) is 0.776. The second-order valence-corrected chi connectivity index (χ2v) is 8.33. The number of phosphoric acid groups is 1. The number of hydrogen-bond donors (Lipinski definition) is 2. The van der Waals surface area contributed by atoms with E-state index in [9.17, 15) is 4.57 Å². The minimum Gasteiger partial charge on any atom is -0.454 e. The van der Waals surface area contributed by atoms with E-state index in [0.717, 1.165) is 16.7 Å². The highest BCUT2D eigenvalue weighted by Gasteiger charge is 2.33. The largest absolute Gasteiger partial charge is 0.469 e. The first-order chi connectivity index (χ1) is 13.5. The summed E-state index contributed by atoms with van der Waals surface area (Å²) in [6.45, 7) is 9.06. The van der Waals surface area contributed by atoms with E-state index in [2.05, 4.69) is 19.5 Å². The first-order valence-electron chi connectivity index (χ1n) is 9.03. The average molecular weight is 446 g/mol. The van der Waals surface area contributed by atoms with Crippen LogP contribution in [0.3, 0.4) is 0 Å². The molecule has 0 spiro atoms. The van der Waals surface area contributed by atoms with Gasteiger partial charge in [-0.1, -0.05) is 31.5 Å². The minimum absolute atomic E-state index is 0.0490. The fourth-order valence-electron chi connectivity index (χ4n) is 2.85. The minimum atomic E-state index is -4.66. The zero-order valence-corrected chi connectivity index (χ0v) is 18.6. The molecule has 2 aromatic rings. The Hall–Kier alpha value is -1.77. The molecule has 1 aromatic heterocycles. The van der Waals surface area contributed by atoms with Gasteiger partial charge in [0.2, 0.25) is 5.28 Å². The molecule has 160 valence electrons. The standard InChI is InChI=1S/C18H25ClN3O6P/c1-6-18(7-2,10-26-29(23,24)25)28-17-21-15(19)20-16(22-17)27-14-12(4)8-11(3)9-13(14)5/h8-9H,6-7,10H2,1-5H3,(H2,23,24,25). The van der Waals surface area contributed by atoms with E-state index < -0.39 is 13.4 Å². The van der Waals surface area contributed by atoms with Crippen LogP contribution in [0.4, 0.5) is 0 Å². The molecule has 0 saturated carbocycles. The van der Waals surface area contributed by atoms with Gasteiger partial charge in [0.25, 0.3) is 0 Å². The van der Waals surface area contributed by atoms with Gasteiger partial charge in [-0.15, -0.1) is 4.98 Å². The number of halogens is 1. The molecule has 0 bridgehead atoms. The topological polar surface area (TPSA) is 124 Å². The normalized spacial score (nSPS) is 12.1. The van der Waals surface area contributed by atoms with Gasteiger partial charge in [0.15, 0.2) is 0 Å². The number of nitrogens with zero attached hydrogens (tertiary/aromatic N) is 3. The van der Waals surface area contributed by atoms with Crippen molar-refractivity contribution in [2.45, 2.75) is 53.1 Å². The van der Waals surface area contributed by atoms with Crippen molar-refractivity contribution in [3.05, 3.63) is 34.1 Å². The Balaban J connectivity index is 2.31. The van der Waals surface area contributed by atoms with Crippen molar-refractivity contribution < 1.29 is 28.3 Å². The predicted octanol–water partition coefficient (Wildman–Crippen LogP) is 4.29. The summed E-state index contributed by atoms with van der Waals surface area (Å²) in [7, 11) is -4.66. The van der Waals surface area contributed by atoms with E-state index in [4.69, 9.17) is 30.9 Å². The number of benzene rings is 1. The number of phosphoric ester groups is 1. The first kappa shape index (κ1) is 23.5. The van der Waals surface area contributed by atoms with Gasteiger partial charge in [0.05, 0.1) is 6.61 Å². The number of rotatable bonds is 9. The second kappa shape index (κ2) is 9.36. The van der Waals surface area contributed by atoms with Crippen LogP contribution in [-0.2, 0) is 9.09 Å². The molecule has 0 saturated heterocycles. The van der Waals surface area contributed by atoms with Crippen LogP contribution in [0.2, 0.25) is 5.28 Å². The lowest BCUT2D eigenvalue weighted by Crippen LogP contribution is -2.40. The fourth-order valence-corrected chi connectivity index (χ4v) is 3.40. The fraction of sp³-hybridized carbons (Fsp3) is 0.500. The van der Waals surface area contributed by atoms with Crippen LogP contribution in [0, 0.1) is 20.8 Å². The highest BCUT2D eigenvalue weighted by molar-refractivity contribution is 7.46. The van der Waals surface area contributed by atoms with Gasteiger partial charge in [-0.05, 0) is 56.3 Å². The molecular weight excluding hydrogens is 421 g/mol. The van der Waals surface area contributed by atoms with Crippen LogP contribution in [-0.4, -0.2) is 36.9 Å². The number of hydrogen-bond acceptors (Lipinski definition) is 7. The van der Waals surface area contributed by atoms with Crippen molar-refractivity contribution in [3.63, 3.8) is 0 Å². The summed E-state index contributed by atoms with van der Waals surface area (Å²) >= 11 is 6.01. The maximum atomic E-state index is 11.1. The summed E-state index contributed by atoms with van der Waals surface area (Å²) < 4.78 is 27.4. The maximum Gasteiger partial charge on any atom is 0.469 e. The van der Waals surface area contributed by atoms with Gasteiger partial charge in [-0.3, -0.25) is 4.52 Å². The van der Waals surface area contributed by atoms with Crippen molar-refractivity contribution in [3.8, 4) is 17.8 Å². The third kappa shape index (κ3) is 6.62. The summed E-state index contributed by atoms with van der Waals surface area (Å²) in [5.74, 6) is 0.603. The van der Waals surface area contributed by atoms with Crippen LogP contribution >= 0.6 is 19.4 Å². The van der Waals surface area contributed by atoms with E-state index in [-0.39, 0.29) is 23.9 Å². The molecule has 2 rings (SSSR count). The molecule has 29 heavy (non-hydrogen) atoms. The Morgan fingerprint density at radius 3 is 2.10 bits per heavy atom. The molecule has 0 aliphatic carbocycles. The lowest BCUT2D eigenvalue weighted by molar-refractivity contribution is -0.00542. The van der Waals surface area contributed by atoms with E-state index in [1.165, 1.54) is 0 Å². The van der Waals surface area contributed by atoms with Gasteiger partial charge in [0, 0.05) is 0 Å². The maximum absolute atomic E-state index is 11.1. The number of ether oxygens (including phenoxy) is 2. The van der Waals surface area contributed by atoms with Crippen molar-refractivity contribution in [2.24, 2.45) is 0 Å². The summed E-state index contributed by atoms with van der Waals surface area (Å²) in [5, 5.41) is -0.135. The van der Waals surface area contributed by atoms with Gasteiger partial charge < -0.3 is 19.3 Å². The van der Waals surface area contributed by atoms with Crippen LogP contribution < -0.4 is 9.47 Å². The summed E-state index contributed by atoms with van der Waals surface area (Å²) in [5.41, 5.74) is 1.87. The molecule has 1 aromatic carbocycles. The van der Waals surface area contributed by atoms with Crippen LogP contribution in [0.25, 0.3) is 0 Å². The SMILES string of the molecule is CCC(CC)(COP(=O)(O)O)Oc1nc(Cl)nc(Oc2c(C)cc(C)cc2C)n1. The molecular formula is C18H25ClN3O6P. The van der Waals surface area contributed by atoms with Crippen molar-refractivity contribution >= 4 is 19.4 Å². The smallest absolute Gasteiger partial charge is 0.454 e. The first-order valence-corrected chi connectivity index (χ1v) is 10.9. The third-order valence-electron chi connectivity index (χ3n) is 4.46. The highest BCUT2D eigenvalue weighted by atomic mass is 35.5. The second-order valence-electron chi connectivity index (χ2n) is 6.76. The predicted molar refractivity (Wildman–Crippen MR) is 108 cm³/mol. The molecule has 1 heterocycles. The van der Waals surface area contributed by atoms with Crippen molar-refractivity contribution in [2.75, 3.05) is 6.61 Å². The molecule has 2 N–H and O–H groups in total. The highest BCUT2D eigenvalue weighted by Crippen LogP contribution is 2.38. The van der Waals surface area contributed by atoms with Gasteiger partial charge in [0.1, 0.15) is 11.4 Å². The van der Waals surface area contributed by atoms with Crippen molar-refractivity contribution in [1.29, 1.82) is 0 Å². The van der Waals surface area contributed by atoms with E-state index in [1.807, 2.05) is 32.9 Å². The molecule has 0 aliphatic rings. The summed E-state index contributed by atoms with van der Waals surface area (Å²) in [6, 6.07) is 3.77. The Bertz CT molecular complexity index is 893. The molecule has 0 fully saturated rings. The van der Waals surface area contributed by atoms with Crippen LogP contribution in [0.1, 0.15) is 43.4 Å². The number of aromatic nitrogens is 3. The van der Waals surface area contributed by atoms with Gasteiger partial charge >= 0.3 is 19.8 Å². The Kier molecular flexibility index (Phi) is 7.59. The molecule has 11 heteroatoms. The van der Waals surface area contributed by atoms with E-state index in [1.54, 1.807) is 13.8 Å². The average Bonchev–Trinajstić information content (AvgIpc) is 2.60. The van der Waals surface area contributed by atoms with E-state index in [0.29, 0.717) is 18.6 Å². The summed E-state index contributed by atoms with van der Waals surface area (Å²) in [4.78, 5) is 30.1. The number of aryl methyl sites for hydroxylation is 3. The van der Waals surface area contributed by atoms with Crippen LogP contribution in [0.15, 0.2) is 12.1 Å². The zero-order chi connectivity index (χ0) is 21.8. The molecule has 9 nitrogen and oxygen atoms in total. The molecule has 0 radical (unpaired) electrons. The monoisotopic (exact) mass is 445 g/mol. The van der Waals surface area contributed by atoms with Gasteiger partial charge in [-0.25, -0.2) is 4.57 Å². The zero-order valence-electron chi connectivity index (χ0n) is 17.0. The Morgan fingerprint density at radius 1 is 1.03 bits per heavy atom. The Labute approximate surface area is 174 Å². The molecule has 0 unspecified atom stereocenters. The lowest BCUT2D eigenvalue weighted by Gasteiger charge is -2.31. The third-order valence-corrected chi connectivity index (χ3v) is 5.09. The molecule has 0 amide bonds. The quantitative estimate of drug-likeness (QED) is 0.544. The van der Waals surface area contributed by atoms with Gasteiger partial charge in [-0.2, -0.15) is 9.97 Å². The van der Waals surface area contributed by atoms with Crippen molar-refractivity contribution in [1.82, 2.24) is 15.0 Å².